The van der Waals surface area contributed by atoms with Gasteiger partial charge in [0.05, 0.1) is 16.1 Å². The summed E-state index contributed by atoms with van der Waals surface area (Å²) in [5.41, 5.74) is 3.56. The normalized spacial score (nSPS) is 14.6. The van der Waals surface area contributed by atoms with Gasteiger partial charge < -0.3 is 4.90 Å². The first kappa shape index (κ1) is 18.5. The number of piperidine rings is 1. The highest BCUT2D eigenvalue weighted by atomic mass is 32.1. The summed E-state index contributed by atoms with van der Waals surface area (Å²) in [6.45, 7) is 4.55. The van der Waals surface area contributed by atoms with Crippen molar-refractivity contribution in [3.8, 4) is 10.6 Å². The molecule has 0 amide bonds. The van der Waals surface area contributed by atoms with Crippen molar-refractivity contribution in [2.24, 2.45) is 0 Å². The molecule has 0 bridgehead atoms. The van der Waals surface area contributed by atoms with E-state index in [1.807, 2.05) is 23.6 Å². The molecule has 1 aliphatic heterocycles. The molecule has 4 aromatic rings. The number of anilines is 1. The van der Waals surface area contributed by atoms with Gasteiger partial charge in [0.1, 0.15) is 5.69 Å². The Morgan fingerprint density at radius 1 is 1.07 bits per heavy atom. The Balaban J connectivity index is 1.67. The highest BCUT2D eigenvalue weighted by Crippen LogP contribution is 2.36. The molecule has 0 aliphatic carbocycles. The van der Waals surface area contributed by atoms with E-state index in [0.717, 1.165) is 44.6 Å². The van der Waals surface area contributed by atoms with Crippen LogP contribution in [0.25, 0.3) is 20.8 Å². The van der Waals surface area contributed by atoms with Gasteiger partial charge >= 0.3 is 0 Å². The quantitative estimate of drug-likeness (QED) is 0.468. The number of benzene rings is 1. The molecule has 0 N–H and O–H groups in total. The van der Waals surface area contributed by atoms with E-state index in [2.05, 4.69) is 30.0 Å². The molecule has 29 heavy (non-hydrogen) atoms. The molecule has 1 aliphatic rings. The lowest BCUT2D eigenvalue weighted by Crippen LogP contribution is -2.29. The van der Waals surface area contributed by atoms with E-state index < -0.39 is 0 Å². The first-order chi connectivity index (χ1) is 14.2. The molecule has 4 heterocycles. The maximum absolute atomic E-state index is 13.3. The molecule has 0 atom stereocenters. The van der Waals surface area contributed by atoms with Crippen LogP contribution in [0.5, 0.6) is 0 Å². The zero-order chi connectivity index (χ0) is 19.8. The van der Waals surface area contributed by atoms with Crippen LogP contribution in [-0.4, -0.2) is 27.9 Å². The van der Waals surface area contributed by atoms with Crippen molar-refractivity contribution in [2.45, 2.75) is 32.7 Å². The van der Waals surface area contributed by atoms with Crippen LogP contribution >= 0.6 is 22.7 Å². The molecule has 7 heteroatoms. The van der Waals surface area contributed by atoms with E-state index in [-0.39, 0.29) is 5.56 Å². The van der Waals surface area contributed by atoms with E-state index in [1.54, 1.807) is 27.4 Å². The Labute approximate surface area is 177 Å². The van der Waals surface area contributed by atoms with Gasteiger partial charge in [-0.1, -0.05) is 41.7 Å². The Hall–Kier alpha value is -2.51. The van der Waals surface area contributed by atoms with Gasteiger partial charge in [-0.2, -0.15) is 5.10 Å². The SMILES string of the molecule is Cc1ccccc1Cn1nc(-c2cccs2)c2sc(N3CCCCC3)nc2c1=O. The lowest BCUT2D eigenvalue weighted by molar-refractivity contribution is 0.577. The molecule has 0 unspecified atom stereocenters. The highest BCUT2D eigenvalue weighted by Gasteiger charge is 2.21. The number of aryl methyl sites for hydroxylation is 1. The van der Waals surface area contributed by atoms with Crippen molar-refractivity contribution >= 4 is 38.0 Å². The fourth-order valence-corrected chi connectivity index (χ4v) is 5.69. The van der Waals surface area contributed by atoms with Crippen molar-refractivity contribution in [3.05, 3.63) is 63.3 Å². The predicted molar refractivity (Wildman–Crippen MR) is 121 cm³/mol. The average Bonchev–Trinajstić information content (AvgIpc) is 3.43. The van der Waals surface area contributed by atoms with Crippen molar-refractivity contribution in [1.82, 2.24) is 14.8 Å². The molecule has 0 saturated carbocycles. The van der Waals surface area contributed by atoms with Gasteiger partial charge in [-0.15, -0.1) is 11.3 Å². The number of aromatic nitrogens is 3. The van der Waals surface area contributed by atoms with Crippen LogP contribution in [0.15, 0.2) is 46.6 Å². The first-order valence-electron chi connectivity index (χ1n) is 9.96. The van der Waals surface area contributed by atoms with Crippen LogP contribution in [0, 0.1) is 6.92 Å². The summed E-state index contributed by atoms with van der Waals surface area (Å²) in [5.74, 6) is 0. The molecular formula is C22H22N4OS2. The minimum Gasteiger partial charge on any atom is -0.348 e. The van der Waals surface area contributed by atoms with Gasteiger partial charge in [0.25, 0.3) is 5.56 Å². The highest BCUT2D eigenvalue weighted by molar-refractivity contribution is 7.23. The molecule has 1 fully saturated rings. The fourth-order valence-electron chi connectivity index (χ4n) is 3.80. The molecule has 148 valence electrons. The number of fused-ring (bicyclic) bond motifs is 1. The monoisotopic (exact) mass is 422 g/mol. The molecule has 1 aromatic carbocycles. The topological polar surface area (TPSA) is 51.0 Å². The van der Waals surface area contributed by atoms with E-state index in [4.69, 9.17) is 10.1 Å². The largest absolute Gasteiger partial charge is 0.348 e. The van der Waals surface area contributed by atoms with E-state index in [0.29, 0.717) is 12.1 Å². The minimum absolute atomic E-state index is 0.108. The van der Waals surface area contributed by atoms with Crippen molar-refractivity contribution in [2.75, 3.05) is 18.0 Å². The first-order valence-corrected chi connectivity index (χ1v) is 11.7. The zero-order valence-electron chi connectivity index (χ0n) is 16.3. The van der Waals surface area contributed by atoms with Gasteiger partial charge in [-0.3, -0.25) is 4.79 Å². The van der Waals surface area contributed by atoms with Crippen molar-refractivity contribution < 1.29 is 0 Å². The number of thiazole rings is 1. The Morgan fingerprint density at radius 2 is 1.90 bits per heavy atom. The van der Waals surface area contributed by atoms with E-state index in [1.165, 1.54) is 19.3 Å². The maximum Gasteiger partial charge on any atom is 0.294 e. The summed E-state index contributed by atoms with van der Waals surface area (Å²) in [5, 5.41) is 7.80. The van der Waals surface area contributed by atoms with Gasteiger partial charge in [0, 0.05) is 13.1 Å². The molecule has 5 rings (SSSR count). The number of hydrogen-bond acceptors (Lipinski definition) is 6. The Bertz CT molecular complexity index is 1200. The molecule has 0 radical (unpaired) electrons. The van der Waals surface area contributed by atoms with E-state index in [9.17, 15) is 4.79 Å². The van der Waals surface area contributed by atoms with Crippen molar-refractivity contribution in [3.63, 3.8) is 0 Å². The second-order valence-corrected chi connectivity index (χ2v) is 9.36. The summed E-state index contributed by atoms with van der Waals surface area (Å²) in [6, 6.07) is 12.2. The average molecular weight is 423 g/mol. The minimum atomic E-state index is -0.108. The van der Waals surface area contributed by atoms with Crippen molar-refractivity contribution in [1.29, 1.82) is 0 Å². The Kier molecular flexibility index (Phi) is 4.93. The van der Waals surface area contributed by atoms with Crippen LogP contribution < -0.4 is 10.5 Å². The second-order valence-electron chi connectivity index (χ2n) is 7.44. The summed E-state index contributed by atoms with van der Waals surface area (Å²) in [6.07, 6.45) is 3.64. The van der Waals surface area contributed by atoms with Crippen LogP contribution in [0.3, 0.4) is 0 Å². The summed E-state index contributed by atoms with van der Waals surface area (Å²) in [4.78, 5) is 21.5. The summed E-state index contributed by atoms with van der Waals surface area (Å²) < 4.78 is 2.48. The van der Waals surface area contributed by atoms with Crippen LogP contribution in [0.4, 0.5) is 5.13 Å². The zero-order valence-corrected chi connectivity index (χ0v) is 17.9. The van der Waals surface area contributed by atoms with Crippen LogP contribution in [0.2, 0.25) is 0 Å². The van der Waals surface area contributed by atoms with Gasteiger partial charge in [-0.05, 0) is 48.8 Å². The van der Waals surface area contributed by atoms with Crippen LogP contribution in [-0.2, 0) is 6.54 Å². The number of rotatable bonds is 4. The molecule has 0 spiro atoms. The van der Waals surface area contributed by atoms with Gasteiger partial charge in [-0.25, -0.2) is 9.67 Å². The summed E-state index contributed by atoms with van der Waals surface area (Å²) in [7, 11) is 0. The summed E-state index contributed by atoms with van der Waals surface area (Å²) >= 11 is 3.25. The Morgan fingerprint density at radius 3 is 2.66 bits per heavy atom. The molecular weight excluding hydrogens is 400 g/mol. The molecule has 1 saturated heterocycles. The third-order valence-electron chi connectivity index (χ3n) is 5.45. The smallest absolute Gasteiger partial charge is 0.294 e. The van der Waals surface area contributed by atoms with Gasteiger partial charge in [0.2, 0.25) is 0 Å². The van der Waals surface area contributed by atoms with Gasteiger partial charge in [0.15, 0.2) is 10.6 Å². The third-order valence-corrected chi connectivity index (χ3v) is 7.45. The number of thiophene rings is 1. The maximum atomic E-state index is 13.3. The molecule has 5 nitrogen and oxygen atoms in total. The number of hydrogen-bond donors (Lipinski definition) is 0. The fraction of sp³-hybridized carbons (Fsp3) is 0.318. The third kappa shape index (κ3) is 3.49. The second kappa shape index (κ2) is 7.72. The lowest BCUT2D eigenvalue weighted by Gasteiger charge is -2.25. The molecule has 3 aromatic heterocycles. The number of nitrogens with zero attached hydrogens (tertiary/aromatic N) is 4. The standard InChI is InChI=1S/C22H22N4OS2/c1-15-8-3-4-9-16(15)14-26-21(27)19-20(18(24-26)17-10-7-13-28-17)29-22(23-19)25-11-5-2-6-12-25/h3-4,7-10,13H,2,5-6,11-12,14H2,1H3. The van der Waals surface area contributed by atoms with E-state index >= 15 is 0 Å². The lowest BCUT2D eigenvalue weighted by atomic mass is 10.1. The van der Waals surface area contributed by atoms with Crippen LogP contribution in [0.1, 0.15) is 30.4 Å². The predicted octanol–water partition coefficient (Wildman–Crippen LogP) is 4.93.